The first-order valence-corrected chi connectivity index (χ1v) is 17.6. The number of nitrogens with zero attached hydrogens (tertiary/aromatic N) is 1. The summed E-state index contributed by atoms with van der Waals surface area (Å²) in [7, 11) is -3.71. The maximum atomic E-state index is 6.59. The summed E-state index contributed by atoms with van der Waals surface area (Å²) in [6.07, 6.45) is 0. The number of para-hydroxylation sites is 1. The average Bonchev–Trinajstić information content (AvgIpc) is 2.98. The first-order valence-electron chi connectivity index (χ1n) is 12.1. The van der Waals surface area contributed by atoms with E-state index in [4.69, 9.17) is 18.1 Å². The molecular weight excluding hydrogens is 820 g/mol. The van der Waals surface area contributed by atoms with Gasteiger partial charge in [-0.2, -0.15) is 4.44 Å². The lowest BCUT2D eigenvalue weighted by atomic mass is 10.3. The van der Waals surface area contributed by atoms with Crippen LogP contribution in [-0.4, -0.2) is 0 Å². The van der Waals surface area contributed by atoms with Gasteiger partial charge in [-0.1, -0.05) is 81.9 Å². The van der Waals surface area contributed by atoms with Crippen molar-refractivity contribution in [3.8, 4) is 23.0 Å². The Kier molecular flexibility index (Phi) is 11.0. The molecule has 0 unspecified atom stereocenters. The summed E-state index contributed by atoms with van der Waals surface area (Å²) in [6, 6.07) is 40.4. The van der Waals surface area contributed by atoms with E-state index < -0.39 is 17.1 Å². The Morgan fingerprint density at radius 2 is 0.634 bits per heavy atom. The van der Waals surface area contributed by atoms with Gasteiger partial charge in [0, 0.05) is 17.9 Å². The van der Waals surface area contributed by atoms with Crippen LogP contribution in [-0.2, 0) is 0 Å². The van der Waals surface area contributed by atoms with Crippen LogP contribution in [0.5, 0.6) is 23.0 Å². The minimum atomic E-state index is -1.85. The van der Waals surface area contributed by atoms with Gasteiger partial charge in [0.05, 0.1) is 5.69 Å². The van der Waals surface area contributed by atoms with Gasteiger partial charge in [0.2, 0.25) is 0 Å². The summed E-state index contributed by atoms with van der Waals surface area (Å²) in [5, 5.41) is 0. The second-order valence-electron chi connectivity index (χ2n) is 8.28. The molecule has 0 heterocycles. The quantitative estimate of drug-likeness (QED) is 0.124. The molecule has 0 atom stereocenters. The molecule has 41 heavy (non-hydrogen) atoms. The highest BCUT2D eigenvalue weighted by molar-refractivity contribution is 9.11. The standard InChI is InChI=1S/C30H21Br4NO4P2/c31-22-6-14-27(15-7-22)36-40(37-28-16-8-23(32)9-17-28)35(26-4-2-1-3-5-26)41(38-29-18-10-24(33)11-19-29)39-30-20-12-25(34)13-21-30/h1-21H. The number of halogens is 4. The van der Waals surface area contributed by atoms with Crippen molar-refractivity contribution in [3.05, 3.63) is 145 Å². The Labute approximate surface area is 275 Å². The average molecular weight is 841 g/mol. The fourth-order valence-corrected chi connectivity index (χ4v) is 7.55. The molecule has 0 aromatic heterocycles. The number of hydrogen-bond donors (Lipinski definition) is 0. The van der Waals surface area contributed by atoms with Crippen LogP contribution in [0, 0.1) is 0 Å². The van der Waals surface area contributed by atoms with Crippen LogP contribution < -0.4 is 22.5 Å². The van der Waals surface area contributed by atoms with Gasteiger partial charge in [-0.25, -0.2) is 0 Å². The van der Waals surface area contributed by atoms with Crippen molar-refractivity contribution in [1.82, 2.24) is 0 Å². The molecule has 0 aliphatic rings. The number of rotatable bonds is 11. The largest absolute Gasteiger partial charge is 0.426 e. The Morgan fingerprint density at radius 3 is 0.902 bits per heavy atom. The van der Waals surface area contributed by atoms with E-state index in [0.29, 0.717) is 23.0 Å². The molecule has 0 spiro atoms. The van der Waals surface area contributed by atoms with Gasteiger partial charge in [0.25, 0.3) is 0 Å². The molecule has 0 bridgehead atoms. The van der Waals surface area contributed by atoms with Crippen molar-refractivity contribution in [3.63, 3.8) is 0 Å². The van der Waals surface area contributed by atoms with Crippen molar-refractivity contribution in [1.29, 1.82) is 0 Å². The summed E-state index contributed by atoms with van der Waals surface area (Å²) in [6.45, 7) is 0. The molecule has 5 rings (SSSR count). The predicted octanol–water partition coefficient (Wildman–Crippen LogP) is 12.3. The van der Waals surface area contributed by atoms with E-state index in [0.717, 1.165) is 23.6 Å². The van der Waals surface area contributed by atoms with Crippen LogP contribution in [0.3, 0.4) is 0 Å². The smallest absolute Gasteiger partial charge is 0.422 e. The van der Waals surface area contributed by atoms with Gasteiger partial charge in [-0.15, -0.1) is 0 Å². The molecule has 0 fully saturated rings. The van der Waals surface area contributed by atoms with Crippen LogP contribution in [0.2, 0.25) is 0 Å². The molecule has 0 saturated carbocycles. The fraction of sp³-hybridized carbons (Fsp3) is 0. The Bertz CT molecular complexity index is 1340. The summed E-state index contributed by atoms with van der Waals surface area (Å²) < 4.78 is 32.1. The number of benzene rings is 5. The molecule has 0 saturated heterocycles. The molecule has 0 radical (unpaired) electrons. The van der Waals surface area contributed by atoms with Gasteiger partial charge in [0.1, 0.15) is 23.0 Å². The van der Waals surface area contributed by atoms with Crippen LogP contribution in [0.4, 0.5) is 5.69 Å². The van der Waals surface area contributed by atoms with Crippen molar-refractivity contribution in [2.24, 2.45) is 0 Å². The van der Waals surface area contributed by atoms with Gasteiger partial charge in [0.15, 0.2) is 0 Å². The van der Waals surface area contributed by atoms with Crippen molar-refractivity contribution >= 4 is 86.5 Å². The molecule has 0 N–H and O–H groups in total. The number of anilines is 1. The van der Waals surface area contributed by atoms with E-state index in [-0.39, 0.29) is 0 Å². The molecular formula is C30H21Br4NO4P2. The highest BCUT2D eigenvalue weighted by Crippen LogP contribution is 2.60. The molecule has 11 heteroatoms. The van der Waals surface area contributed by atoms with E-state index in [2.05, 4.69) is 63.7 Å². The fourth-order valence-electron chi connectivity index (χ4n) is 3.34. The van der Waals surface area contributed by atoms with Crippen LogP contribution in [0.1, 0.15) is 0 Å². The van der Waals surface area contributed by atoms with Gasteiger partial charge in [-0.05, 0) is 109 Å². The Balaban J connectivity index is 1.60. The summed E-state index contributed by atoms with van der Waals surface area (Å²) in [5.41, 5.74) is 0.813. The molecule has 0 aliphatic heterocycles. The van der Waals surface area contributed by atoms with Gasteiger partial charge < -0.3 is 18.1 Å². The second kappa shape index (κ2) is 14.9. The third-order valence-electron chi connectivity index (χ3n) is 5.29. The third-order valence-corrected chi connectivity index (χ3v) is 10.8. The van der Waals surface area contributed by atoms with Crippen molar-refractivity contribution in [2.75, 3.05) is 4.44 Å². The zero-order valence-corrected chi connectivity index (χ0v) is 29.2. The second-order valence-corrected chi connectivity index (χ2v) is 14.7. The van der Waals surface area contributed by atoms with Crippen molar-refractivity contribution in [2.45, 2.75) is 0 Å². The molecule has 5 aromatic carbocycles. The Hall–Kier alpha value is -2.12. The number of hydrogen-bond acceptors (Lipinski definition) is 5. The van der Waals surface area contributed by atoms with E-state index >= 15 is 0 Å². The molecule has 5 nitrogen and oxygen atoms in total. The monoisotopic (exact) mass is 837 g/mol. The highest BCUT2D eigenvalue weighted by Gasteiger charge is 2.38. The Morgan fingerprint density at radius 1 is 0.366 bits per heavy atom. The first kappa shape index (κ1) is 30.3. The van der Waals surface area contributed by atoms with Crippen LogP contribution in [0.25, 0.3) is 0 Å². The first-order chi connectivity index (χ1) is 19.9. The van der Waals surface area contributed by atoms with Gasteiger partial charge in [-0.3, -0.25) is 0 Å². The van der Waals surface area contributed by atoms with Gasteiger partial charge >= 0.3 is 17.1 Å². The molecule has 5 aromatic rings. The normalized spacial score (nSPS) is 10.9. The summed E-state index contributed by atoms with van der Waals surface area (Å²) in [5.74, 6) is 2.55. The highest BCUT2D eigenvalue weighted by atomic mass is 79.9. The lowest BCUT2D eigenvalue weighted by Gasteiger charge is -2.34. The predicted molar refractivity (Wildman–Crippen MR) is 182 cm³/mol. The molecule has 0 aliphatic carbocycles. The minimum absolute atomic E-state index is 0.639. The lowest BCUT2D eigenvalue weighted by Crippen LogP contribution is -2.22. The van der Waals surface area contributed by atoms with E-state index in [9.17, 15) is 0 Å². The van der Waals surface area contributed by atoms with Crippen LogP contribution >= 0.6 is 80.8 Å². The zero-order chi connectivity index (χ0) is 28.6. The third kappa shape index (κ3) is 8.93. The molecule has 208 valence electrons. The lowest BCUT2D eigenvalue weighted by molar-refractivity contribution is 0.470. The van der Waals surface area contributed by atoms with E-state index in [1.165, 1.54) is 0 Å². The summed E-state index contributed by atoms with van der Waals surface area (Å²) >= 11 is 14.0. The zero-order valence-electron chi connectivity index (χ0n) is 21.1. The maximum Gasteiger partial charge on any atom is 0.426 e. The SMILES string of the molecule is Brc1ccc(OP(Oc2ccc(Br)cc2)N(c2ccccc2)P(Oc2ccc(Br)cc2)Oc2ccc(Br)cc2)cc1. The maximum absolute atomic E-state index is 6.59. The minimum Gasteiger partial charge on any atom is -0.422 e. The van der Waals surface area contributed by atoms with Crippen LogP contribution in [0.15, 0.2) is 145 Å². The molecule has 0 amide bonds. The van der Waals surface area contributed by atoms with E-state index in [1.807, 2.05) is 132 Å². The van der Waals surface area contributed by atoms with Crippen molar-refractivity contribution < 1.29 is 18.1 Å². The van der Waals surface area contributed by atoms with E-state index in [1.54, 1.807) is 0 Å². The topological polar surface area (TPSA) is 40.2 Å². The summed E-state index contributed by atoms with van der Waals surface area (Å²) in [4.78, 5) is 0.